The molecule has 1 atom stereocenters. The van der Waals surface area contributed by atoms with Crippen LogP contribution in [-0.4, -0.2) is 11.8 Å². The number of hydrogen-bond donors (Lipinski definition) is 0. The lowest BCUT2D eigenvalue weighted by atomic mass is 10.2. The van der Waals surface area contributed by atoms with Crippen molar-refractivity contribution in [2.24, 2.45) is 5.92 Å². The summed E-state index contributed by atoms with van der Waals surface area (Å²) in [6.45, 7) is 1.50. The van der Waals surface area contributed by atoms with E-state index < -0.39 is 12.3 Å². The second-order valence-electron chi connectivity index (χ2n) is 1.47. The Morgan fingerprint density at radius 3 is 2.00 bits per heavy atom. The Hall–Kier alpha value is 0.340. The van der Waals surface area contributed by atoms with Crippen molar-refractivity contribution in [2.75, 3.05) is 5.33 Å². The van der Waals surface area contributed by atoms with Gasteiger partial charge in [0.15, 0.2) is 0 Å². The third kappa shape index (κ3) is 2.97. The molecule has 0 saturated heterocycles. The predicted molar refractivity (Wildman–Crippen MR) is 29.0 cm³/mol. The van der Waals surface area contributed by atoms with E-state index in [2.05, 4.69) is 15.9 Å². The second kappa shape index (κ2) is 3.36. The van der Waals surface area contributed by atoms with E-state index in [1.54, 1.807) is 0 Å². The van der Waals surface area contributed by atoms with E-state index in [1.807, 2.05) is 0 Å². The predicted octanol–water partition coefficient (Wildman–Crippen LogP) is 2.28. The molecule has 0 aliphatic rings. The van der Waals surface area contributed by atoms with Gasteiger partial charge in [0.1, 0.15) is 0 Å². The number of halogens is 3. The zero-order valence-corrected chi connectivity index (χ0v) is 5.58. The summed E-state index contributed by atoms with van der Waals surface area (Å²) in [7, 11) is 0. The lowest BCUT2D eigenvalue weighted by molar-refractivity contribution is 0.0983. The van der Waals surface area contributed by atoms with Crippen LogP contribution in [0.15, 0.2) is 0 Å². The maximum absolute atomic E-state index is 11.4. The molecule has 0 nitrogen and oxygen atoms in total. The van der Waals surface area contributed by atoms with Gasteiger partial charge in [0, 0.05) is 11.2 Å². The SMILES string of the molecule is CC(CBr)C(F)F. The van der Waals surface area contributed by atoms with Crippen LogP contribution in [0, 0.1) is 5.92 Å². The van der Waals surface area contributed by atoms with Crippen LogP contribution in [-0.2, 0) is 0 Å². The largest absolute Gasteiger partial charge is 0.241 e. The summed E-state index contributed by atoms with van der Waals surface area (Å²) in [6, 6.07) is 0. The molecule has 0 radical (unpaired) electrons. The molecule has 44 valence electrons. The van der Waals surface area contributed by atoms with Crippen molar-refractivity contribution in [1.82, 2.24) is 0 Å². The number of alkyl halides is 3. The normalized spacial score (nSPS) is 15.0. The first-order valence-electron chi connectivity index (χ1n) is 2.02. The van der Waals surface area contributed by atoms with E-state index in [0.29, 0.717) is 5.33 Å². The molecule has 0 fully saturated rings. The molecule has 0 heterocycles. The molecule has 0 aliphatic heterocycles. The Balaban J connectivity index is 3.14. The van der Waals surface area contributed by atoms with Crippen LogP contribution in [0.3, 0.4) is 0 Å². The fourth-order valence-corrected chi connectivity index (χ4v) is 0.350. The fraction of sp³-hybridized carbons (Fsp3) is 1.00. The molecule has 0 saturated carbocycles. The minimum absolute atomic E-state index is 0.380. The maximum Gasteiger partial charge on any atom is 0.241 e. The van der Waals surface area contributed by atoms with Crippen LogP contribution in [0.1, 0.15) is 6.92 Å². The standard InChI is InChI=1S/C4H7BrF2/c1-3(2-5)4(6)7/h3-4H,2H2,1H3. The topological polar surface area (TPSA) is 0 Å². The van der Waals surface area contributed by atoms with Gasteiger partial charge in [-0.25, -0.2) is 8.78 Å². The summed E-state index contributed by atoms with van der Waals surface area (Å²) in [6.07, 6.45) is -2.18. The zero-order valence-electron chi connectivity index (χ0n) is 4.00. The summed E-state index contributed by atoms with van der Waals surface area (Å²) in [5.74, 6) is -0.514. The molecule has 0 aromatic heterocycles. The molecule has 1 unspecified atom stereocenters. The molecule has 0 aromatic rings. The molecule has 0 amide bonds. The van der Waals surface area contributed by atoms with Crippen molar-refractivity contribution in [3.63, 3.8) is 0 Å². The van der Waals surface area contributed by atoms with Crippen molar-refractivity contribution in [1.29, 1.82) is 0 Å². The molecule has 0 aliphatic carbocycles. The van der Waals surface area contributed by atoms with Crippen LogP contribution in [0.25, 0.3) is 0 Å². The van der Waals surface area contributed by atoms with Gasteiger partial charge >= 0.3 is 0 Å². The number of rotatable bonds is 2. The lowest BCUT2D eigenvalue weighted by Crippen LogP contribution is -2.06. The smallest absolute Gasteiger partial charge is 0.210 e. The Morgan fingerprint density at radius 2 is 2.00 bits per heavy atom. The highest BCUT2D eigenvalue weighted by molar-refractivity contribution is 9.09. The Labute approximate surface area is 50.0 Å². The first kappa shape index (κ1) is 7.34. The highest BCUT2D eigenvalue weighted by atomic mass is 79.9. The summed E-state index contributed by atoms with van der Waals surface area (Å²) in [5, 5.41) is 0.380. The van der Waals surface area contributed by atoms with Gasteiger partial charge in [0.05, 0.1) is 0 Å². The summed E-state index contributed by atoms with van der Waals surface area (Å²) >= 11 is 2.94. The summed E-state index contributed by atoms with van der Waals surface area (Å²) in [4.78, 5) is 0. The van der Waals surface area contributed by atoms with E-state index in [1.165, 1.54) is 6.92 Å². The Bertz CT molecular complexity index is 47.0. The van der Waals surface area contributed by atoms with Crippen molar-refractivity contribution in [3.05, 3.63) is 0 Å². The van der Waals surface area contributed by atoms with Gasteiger partial charge < -0.3 is 0 Å². The molecular formula is C4H7BrF2. The fourth-order valence-electron chi connectivity index (χ4n) is 0.0673. The van der Waals surface area contributed by atoms with Gasteiger partial charge in [0.25, 0.3) is 0 Å². The van der Waals surface area contributed by atoms with E-state index in [9.17, 15) is 8.78 Å². The minimum atomic E-state index is -2.18. The van der Waals surface area contributed by atoms with Crippen molar-refractivity contribution in [3.8, 4) is 0 Å². The average molecular weight is 173 g/mol. The van der Waals surface area contributed by atoms with Gasteiger partial charge in [0.2, 0.25) is 6.43 Å². The van der Waals surface area contributed by atoms with Crippen molar-refractivity contribution < 1.29 is 8.78 Å². The van der Waals surface area contributed by atoms with Gasteiger partial charge in [-0.15, -0.1) is 0 Å². The van der Waals surface area contributed by atoms with Gasteiger partial charge in [-0.3, -0.25) is 0 Å². The van der Waals surface area contributed by atoms with E-state index >= 15 is 0 Å². The van der Waals surface area contributed by atoms with Crippen LogP contribution >= 0.6 is 15.9 Å². The first-order chi connectivity index (χ1) is 3.18. The molecule has 0 rings (SSSR count). The van der Waals surface area contributed by atoms with Crippen LogP contribution in [0.2, 0.25) is 0 Å². The third-order valence-electron chi connectivity index (χ3n) is 0.674. The third-order valence-corrected chi connectivity index (χ3v) is 1.69. The maximum atomic E-state index is 11.4. The minimum Gasteiger partial charge on any atom is -0.210 e. The summed E-state index contributed by atoms with van der Waals surface area (Å²) in [5.41, 5.74) is 0. The molecule has 0 N–H and O–H groups in total. The zero-order chi connectivity index (χ0) is 5.86. The van der Waals surface area contributed by atoms with Gasteiger partial charge in [-0.05, 0) is 0 Å². The van der Waals surface area contributed by atoms with Crippen LogP contribution in [0.5, 0.6) is 0 Å². The van der Waals surface area contributed by atoms with Crippen molar-refractivity contribution in [2.45, 2.75) is 13.3 Å². The summed E-state index contributed by atoms with van der Waals surface area (Å²) < 4.78 is 22.8. The Kier molecular flexibility index (Phi) is 3.52. The quantitative estimate of drug-likeness (QED) is 0.562. The average Bonchev–Trinajstić information content (AvgIpc) is 1.65. The molecule has 3 heteroatoms. The van der Waals surface area contributed by atoms with Crippen molar-refractivity contribution >= 4 is 15.9 Å². The molecule has 0 aromatic carbocycles. The molecule has 7 heavy (non-hydrogen) atoms. The van der Waals surface area contributed by atoms with Gasteiger partial charge in [-0.2, -0.15) is 0 Å². The molecular weight excluding hydrogens is 166 g/mol. The first-order valence-corrected chi connectivity index (χ1v) is 3.14. The van der Waals surface area contributed by atoms with E-state index in [0.717, 1.165) is 0 Å². The lowest BCUT2D eigenvalue weighted by Gasteiger charge is -2.02. The molecule has 0 bridgehead atoms. The molecule has 0 spiro atoms. The van der Waals surface area contributed by atoms with E-state index in [4.69, 9.17) is 0 Å². The highest BCUT2D eigenvalue weighted by Gasteiger charge is 2.11. The van der Waals surface area contributed by atoms with E-state index in [-0.39, 0.29) is 0 Å². The second-order valence-corrected chi connectivity index (χ2v) is 2.11. The monoisotopic (exact) mass is 172 g/mol. The van der Waals surface area contributed by atoms with Crippen LogP contribution < -0.4 is 0 Å². The Morgan fingerprint density at radius 1 is 1.57 bits per heavy atom. The highest BCUT2D eigenvalue weighted by Crippen LogP contribution is 2.10. The number of hydrogen-bond acceptors (Lipinski definition) is 0. The van der Waals surface area contributed by atoms with Crippen LogP contribution in [0.4, 0.5) is 8.78 Å². The van der Waals surface area contributed by atoms with Gasteiger partial charge in [-0.1, -0.05) is 22.9 Å².